The Morgan fingerprint density at radius 3 is 2.84 bits per heavy atom. The van der Waals surface area contributed by atoms with E-state index in [9.17, 15) is 0 Å². The molecule has 4 heteroatoms. The number of aryl methyl sites for hydroxylation is 2. The van der Waals surface area contributed by atoms with Gasteiger partial charge in [-0.3, -0.25) is 4.98 Å². The lowest BCUT2D eigenvalue weighted by atomic mass is 9.98. The van der Waals surface area contributed by atoms with Crippen LogP contribution in [-0.2, 0) is 0 Å². The molecule has 1 N–H and O–H groups in total. The molecule has 0 aromatic carbocycles. The molecule has 3 rings (SSSR count). The van der Waals surface area contributed by atoms with Gasteiger partial charge in [-0.05, 0) is 52.0 Å². The maximum atomic E-state index is 4.68. The molecule has 2 heterocycles. The molecular weight excluding hydrogens is 236 g/mol. The van der Waals surface area contributed by atoms with E-state index in [1.54, 1.807) is 0 Å². The monoisotopic (exact) mass is 260 g/mol. The third-order valence-corrected chi connectivity index (χ3v) is 4.30. The van der Waals surface area contributed by atoms with Crippen LogP contribution in [-0.4, -0.2) is 35.6 Å². The summed E-state index contributed by atoms with van der Waals surface area (Å²) in [5.41, 5.74) is 2.09. The maximum absolute atomic E-state index is 4.68. The molecule has 4 nitrogen and oxygen atoms in total. The minimum absolute atomic E-state index is 0.762. The number of rotatable bonds is 4. The Morgan fingerprint density at radius 1 is 1.26 bits per heavy atom. The third kappa shape index (κ3) is 3.24. The number of nitrogens with zero attached hydrogens (tertiary/aromatic N) is 3. The van der Waals surface area contributed by atoms with Crippen molar-refractivity contribution < 1.29 is 0 Å². The molecule has 1 unspecified atom stereocenters. The standard InChI is InChI=1S/C15H24N4/c1-11-12(2)18-15(9-16-11)19-7-3-4-13(10-19)8-17-14-5-6-14/h9,13-14,17H,3-8,10H2,1-2H3. The van der Waals surface area contributed by atoms with Gasteiger partial charge in [-0.2, -0.15) is 0 Å². The zero-order chi connectivity index (χ0) is 13.2. The van der Waals surface area contributed by atoms with Crippen molar-refractivity contribution in [2.45, 2.75) is 45.6 Å². The number of anilines is 1. The summed E-state index contributed by atoms with van der Waals surface area (Å²) in [4.78, 5) is 11.5. The summed E-state index contributed by atoms with van der Waals surface area (Å²) in [7, 11) is 0. The van der Waals surface area contributed by atoms with Gasteiger partial charge in [-0.15, -0.1) is 0 Å². The third-order valence-electron chi connectivity index (χ3n) is 4.30. The average molecular weight is 260 g/mol. The van der Waals surface area contributed by atoms with Crippen LogP contribution in [0.5, 0.6) is 0 Å². The van der Waals surface area contributed by atoms with Gasteiger partial charge in [0.2, 0.25) is 0 Å². The van der Waals surface area contributed by atoms with Crippen molar-refractivity contribution in [2.24, 2.45) is 5.92 Å². The van der Waals surface area contributed by atoms with Crippen LogP contribution in [0.1, 0.15) is 37.1 Å². The van der Waals surface area contributed by atoms with Crippen LogP contribution >= 0.6 is 0 Å². The highest BCUT2D eigenvalue weighted by molar-refractivity contribution is 5.38. The number of hydrogen-bond donors (Lipinski definition) is 1. The first-order chi connectivity index (χ1) is 9.22. The second kappa shape index (κ2) is 5.45. The molecule has 1 saturated carbocycles. The molecule has 1 aliphatic heterocycles. The van der Waals surface area contributed by atoms with E-state index in [0.717, 1.165) is 42.3 Å². The van der Waals surface area contributed by atoms with Crippen LogP contribution in [0.3, 0.4) is 0 Å². The zero-order valence-electron chi connectivity index (χ0n) is 12.0. The van der Waals surface area contributed by atoms with Crippen molar-refractivity contribution in [1.82, 2.24) is 15.3 Å². The fraction of sp³-hybridized carbons (Fsp3) is 0.733. The summed E-state index contributed by atoms with van der Waals surface area (Å²) in [6.45, 7) is 7.47. The van der Waals surface area contributed by atoms with Gasteiger partial charge < -0.3 is 10.2 Å². The van der Waals surface area contributed by atoms with Gasteiger partial charge in [0.25, 0.3) is 0 Å². The Morgan fingerprint density at radius 2 is 2.11 bits per heavy atom. The summed E-state index contributed by atoms with van der Waals surface area (Å²) in [6.07, 6.45) is 7.29. The topological polar surface area (TPSA) is 41.1 Å². The normalized spacial score (nSPS) is 23.7. The van der Waals surface area contributed by atoms with E-state index in [-0.39, 0.29) is 0 Å². The summed E-state index contributed by atoms with van der Waals surface area (Å²) in [6, 6.07) is 0.816. The fourth-order valence-electron chi connectivity index (χ4n) is 2.74. The Balaban J connectivity index is 1.61. The van der Waals surface area contributed by atoms with Crippen molar-refractivity contribution in [3.63, 3.8) is 0 Å². The van der Waals surface area contributed by atoms with Crippen molar-refractivity contribution >= 4 is 5.82 Å². The largest absolute Gasteiger partial charge is 0.355 e. The number of piperidine rings is 1. The summed E-state index contributed by atoms with van der Waals surface area (Å²) >= 11 is 0. The van der Waals surface area contributed by atoms with Crippen molar-refractivity contribution in [1.29, 1.82) is 0 Å². The van der Waals surface area contributed by atoms with Gasteiger partial charge in [0.05, 0.1) is 17.6 Å². The van der Waals surface area contributed by atoms with Gasteiger partial charge in [-0.1, -0.05) is 0 Å². The average Bonchev–Trinajstić information content (AvgIpc) is 3.24. The van der Waals surface area contributed by atoms with Crippen LogP contribution in [0.15, 0.2) is 6.20 Å². The van der Waals surface area contributed by atoms with Gasteiger partial charge in [0, 0.05) is 19.1 Å². The first-order valence-electron chi connectivity index (χ1n) is 7.51. The van der Waals surface area contributed by atoms with E-state index in [1.165, 1.54) is 32.2 Å². The van der Waals surface area contributed by atoms with Gasteiger partial charge in [0.1, 0.15) is 5.82 Å². The fourth-order valence-corrected chi connectivity index (χ4v) is 2.74. The highest BCUT2D eigenvalue weighted by Gasteiger charge is 2.25. The summed E-state index contributed by atoms with van der Waals surface area (Å²) in [5, 5.41) is 3.66. The quantitative estimate of drug-likeness (QED) is 0.899. The predicted octanol–water partition coefficient (Wildman–Crippen LogP) is 2.06. The summed E-state index contributed by atoms with van der Waals surface area (Å²) < 4.78 is 0. The molecule has 2 aliphatic rings. The maximum Gasteiger partial charge on any atom is 0.147 e. The van der Waals surface area contributed by atoms with Crippen LogP contribution in [0.25, 0.3) is 0 Å². The molecule has 19 heavy (non-hydrogen) atoms. The van der Waals surface area contributed by atoms with E-state index in [1.807, 2.05) is 20.0 Å². The van der Waals surface area contributed by atoms with E-state index < -0.39 is 0 Å². The van der Waals surface area contributed by atoms with E-state index in [0.29, 0.717) is 0 Å². The first kappa shape index (κ1) is 12.9. The second-order valence-corrected chi connectivity index (χ2v) is 6.04. The zero-order valence-corrected chi connectivity index (χ0v) is 12.0. The molecular formula is C15H24N4. The Kier molecular flexibility index (Phi) is 3.69. The molecule has 0 radical (unpaired) electrons. The van der Waals surface area contributed by atoms with Crippen molar-refractivity contribution in [2.75, 3.05) is 24.5 Å². The lowest BCUT2D eigenvalue weighted by Gasteiger charge is -2.33. The molecule has 0 amide bonds. The van der Waals surface area contributed by atoms with E-state index in [4.69, 9.17) is 0 Å². The van der Waals surface area contributed by atoms with Crippen LogP contribution < -0.4 is 10.2 Å². The highest BCUT2D eigenvalue weighted by atomic mass is 15.2. The molecule has 0 bridgehead atoms. The van der Waals surface area contributed by atoms with Crippen LogP contribution in [0.2, 0.25) is 0 Å². The smallest absolute Gasteiger partial charge is 0.147 e. The minimum atomic E-state index is 0.762. The number of aromatic nitrogens is 2. The van der Waals surface area contributed by atoms with Gasteiger partial charge in [0.15, 0.2) is 0 Å². The molecule has 0 spiro atoms. The van der Waals surface area contributed by atoms with E-state index in [2.05, 4.69) is 20.2 Å². The first-order valence-corrected chi connectivity index (χ1v) is 7.51. The molecule has 1 aromatic rings. The highest BCUT2D eigenvalue weighted by Crippen LogP contribution is 2.23. The Bertz CT molecular complexity index is 442. The van der Waals surface area contributed by atoms with Crippen LogP contribution in [0.4, 0.5) is 5.82 Å². The number of nitrogens with one attached hydrogen (secondary N) is 1. The molecule has 1 saturated heterocycles. The number of hydrogen-bond acceptors (Lipinski definition) is 4. The molecule has 2 fully saturated rings. The summed E-state index contributed by atoms with van der Waals surface area (Å²) in [5.74, 6) is 1.82. The van der Waals surface area contributed by atoms with Crippen molar-refractivity contribution in [3.8, 4) is 0 Å². The minimum Gasteiger partial charge on any atom is -0.355 e. The van der Waals surface area contributed by atoms with Gasteiger partial charge >= 0.3 is 0 Å². The predicted molar refractivity (Wildman–Crippen MR) is 77.5 cm³/mol. The Labute approximate surface area is 115 Å². The SMILES string of the molecule is Cc1ncc(N2CCCC(CNC3CC3)C2)nc1C. The Hall–Kier alpha value is -1.16. The second-order valence-electron chi connectivity index (χ2n) is 6.04. The molecule has 1 atom stereocenters. The molecule has 1 aromatic heterocycles. The molecule has 104 valence electrons. The van der Waals surface area contributed by atoms with E-state index >= 15 is 0 Å². The van der Waals surface area contributed by atoms with Crippen molar-refractivity contribution in [3.05, 3.63) is 17.6 Å². The lowest BCUT2D eigenvalue weighted by Crippen LogP contribution is -2.40. The molecule has 1 aliphatic carbocycles. The van der Waals surface area contributed by atoms with Gasteiger partial charge in [-0.25, -0.2) is 4.98 Å². The lowest BCUT2D eigenvalue weighted by molar-refractivity contribution is 0.389. The van der Waals surface area contributed by atoms with Crippen LogP contribution in [0, 0.1) is 19.8 Å².